The lowest BCUT2D eigenvalue weighted by molar-refractivity contribution is -0.146. The smallest absolute Gasteiger partial charge is 0.230 e. The molecule has 25 heavy (non-hydrogen) atoms. The van der Waals surface area contributed by atoms with Crippen molar-refractivity contribution in [2.24, 2.45) is 5.41 Å². The maximum atomic E-state index is 13.2. The average molecular weight is 336 g/mol. The van der Waals surface area contributed by atoms with Crippen LogP contribution < -0.4 is 0 Å². The molecule has 0 saturated carbocycles. The van der Waals surface area contributed by atoms with Crippen LogP contribution in [-0.4, -0.2) is 45.3 Å². The summed E-state index contributed by atoms with van der Waals surface area (Å²) in [6.45, 7) is 4.19. The molecular weight excluding hydrogens is 312 g/mol. The third-order valence-electron chi connectivity index (χ3n) is 5.47. The van der Waals surface area contributed by atoms with Gasteiger partial charge in [-0.1, -0.05) is 12.1 Å². The number of nitrogens with zero attached hydrogens (tertiary/aromatic N) is 4. The molecule has 0 unspecified atom stereocenters. The number of piperidine rings is 1. The van der Waals surface area contributed by atoms with Gasteiger partial charge in [-0.15, -0.1) is 0 Å². The Balaban J connectivity index is 1.43. The normalized spacial score (nSPS) is 24.2. The Morgan fingerprint density at radius 2 is 2.00 bits per heavy atom. The Hall–Kier alpha value is -2.27. The lowest BCUT2D eigenvalue weighted by Gasteiger charge is -2.39. The lowest BCUT2D eigenvalue weighted by atomic mass is 9.78. The molecule has 5 heteroatoms. The topological polar surface area (TPSA) is 49.3 Å². The first kappa shape index (κ1) is 16.2. The molecule has 0 aromatic carbocycles. The predicted molar refractivity (Wildman–Crippen MR) is 95.5 cm³/mol. The van der Waals surface area contributed by atoms with Gasteiger partial charge in [0, 0.05) is 44.8 Å². The van der Waals surface area contributed by atoms with Crippen LogP contribution in [0.1, 0.15) is 30.5 Å². The predicted octanol–water partition coefficient (Wildman–Crippen LogP) is 2.49. The standard InChI is InChI=1S/C20H24N4O/c25-19-20(7-4-11-24(19)14-17-5-3-9-21-13-17)8-12-23(16-20)15-18-6-1-2-10-22-18/h1-3,5-6,9-10,13H,4,7-8,11-12,14-16H2/t20-/m1/s1. The number of pyridine rings is 2. The van der Waals surface area contributed by atoms with E-state index < -0.39 is 0 Å². The number of hydrogen-bond donors (Lipinski definition) is 0. The molecule has 1 amide bonds. The fourth-order valence-electron chi connectivity index (χ4n) is 4.21. The Morgan fingerprint density at radius 3 is 2.80 bits per heavy atom. The van der Waals surface area contributed by atoms with Gasteiger partial charge >= 0.3 is 0 Å². The SMILES string of the molecule is O=C1N(Cc2cccnc2)CCC[C@]12CCN(Cc1ccccn1)C2. The third kappa shape index (κ3) is 3.42. The van der Waals surface area contributed by atoms with E-state index in [2.05, 4.69) is 20.9 Å². The fourth-order valence-corrected chi connectivity index (χ4v) is 4.21. The summed E-state index contributed by atoms with van der Waals surface area (Å²) >= 11 is 0. The number of rotatable bonds is 4. The number of carbonyl (C=O) groups excluding carboxylic acids is 1. The van der Waals surface area contributed by atoms with Crippen LogP contribution >= 0.6 is 0 Å². The van der Waals surface area contributed by atoms with Crippen LogP contribution in [0.15, 0.2) is 48.9 Å². The maximum absolute atomic E-state index is 13.2. The molecule has 0 bridgehead atoms. The zero-order chi connectivity index (χ0) is 17.1. The third-order valence-corrected chi connectivity index (χ3v) is 5.47. The van der Waals surface area contributed by atoms with Crippen LogP contribution in [0.2, 0.25) is 0 Å². The van der Waals surface area contributed by atoms with E-state index in [0.717, 1.165) is 56.7 Å². The molecule has 130 valence electrons. The Kier molecular flexibility index (Phi) is 4.49. The highest BCUT2D eigenvalue weighted by Crippen LogP contribution is 2.40. The zero-order valence-electron chi connectivity index (χ0n) is 14.5. The highest BCUT2D eigenvalue weighted by Gasteiger charge is 2.48. The summed E-state index contributed by atoms with van der Waals surface area (Å²) in [5.41, 5.74) is 1.99. The molecule has 4 heterocycles. The number of aromatic nitrogens is 2. The molecule has 1 spiro atoms. The van der Waals surface area contributed by atoms with E-state index in [0.29, 0.717) is 12.5 Å². The van der Waals surface area contributed by atoms with Crippen molar-refractivity contribution in [2.75, 3.05) is 19.6 Å². The molecular formula is C20H24N4O. The van der Waals surface area contributed by atoms with Crippen molar-refractivity contribution in [2.45, 2.75) is 32.4 Å². The molecule has 2 aromatic rings. The largest absolute Gasteiger partial charge is 0.338 e. The van der Waals surface area contributed by atoms with Gasteiger partial charge in [0.2, 0.25) is 5.91 Å². The Bertz CT molecular complexity index is 721. The summed E-state index contributed by atoms with van der Waals surface area (Å²) in [5, 5.41) is 0. The monoisotopic (exact) mass is 336 g/mol. The van der Waals surface area contributed by atoms with Crippen LogP contribution in [0.3, 0.4) is 0 Å². The van der Waals surface area contributed by atoms with Crippen molar-refractivity contribution in [3.8, 4) is 0 Å². The molecule has 2 aromatic heterocycles. The second-order valence-electron chi connectivity index (χ2n) is 7.25. The number of hydrogen-bond acceptors (Lipinski definition) is 4. The fraction of sp³-hybridized carbons (Fsp3) is 0.450. The van der Waals surface area contributed by atoms with Gasteiger partial charge in [0.1, 0.15) is 0 Å². The second kappa shape index (κ2) is 6.92. The maximum Gasteiger partial charge on any atom is 0.230 e. The first-order valence-corrected chi connectivity index (χ1v) is 9.06. The van der Waals surface area contributed by atoms with Gasteiger partial charge < -0.3 is 4.90 Å². The van der Waals surface area contributed by atoms with E-state index in [9.17, 15) is 4.79 Å². The van der Waals surface area contributed by atoms with Crippen molar-refractivity contribution in [1.29, 1.82) is 0 Å². The van der Waals surface area contributed by atoms with Gasteiger partial charge in [-0.05, 0) is 49.6 Å². The molecule has 0 aliphatic carbocycles. The van der Waals surface area contributed by atoms with Crippen LogP contribution in [0, 0.1) is 5.41 Å². The van der Waals surface area contributed by atoms with E-state index >= 15 is 0 Å². The van der Waals surface area contributed by atoms with E-state index in [1.165, 1.54) is 0 Å². The summed E-state index contributed by atoms with van der Waals surface area (Å²) in [6, 6.07) is 10.0. The van der Waals surface area contributed by atoms with E-state index in [1.54, 1.807) is 6.20 Å². The van der Waals surface area contributed by atoms with Crippen LogP contribution in [0.5, 0.6) is 0 Å². The summed E-state index contributed by atoms with van der Waals surface area (Å²) in [6.07, 6.45) is 8.52. The Labute approximate surface area is 148 Å². The van der Waals surface area contributed by atoms with Gasteiger partial charge in [0.15, 0.2) is 0 Å². The molecule has 1 atom stereocenters. The summed E-state index contributed by atoms with van der Waals surface area (Å²) in [4.78, 5) is 26.2. The second-order valence-corrected chi connectivity index (χ2v) is 7.25. The summed E-state index contributed by atoms with van der Waals surface area (Å²) < 4.78 is 0. The van der Waals surface area contributed by atoms with Crippen molar-refractivity contribution >= 4 is 5.91 Å². The van der Waals surface area contributed by atoms with Crippen LogP contribution in [-0.2, 0) is 17.9 Å². The molecule has 2 saturated heterocycles. The first-order chi connectivity index (χ1) is 12.3. The highest BCUT2D eigenvalue weighted by atomic mass is 16.2. The minimum absolute atomic E-state index is 0.199. The van der Waals surface area contributed by atoms with Crippen LogP contribution in [0.25, 0.3) is 0 Å². The van der Waals surface area contributed by atoms with Gasteiger partial charge in [-0.25, -0.2) is 0 Å². The minimum Gasteiger partial charge on any atom is -0.338 e. The molecule has 2 aliphatic rings. The van der Waals surface area contributed by atoms with Gasteiger partial charge in [-0.2, -0.15) is 0 Å². The lowest BCUT2D eigenvalue weighted by Crippen LogP contribution is -2.49. The van der Waals surface area contributed by atoms with Gasteiger partial charge in [0.25, 0.3) is 0 Å². The quantitative estimate of drug-likeness (QED) is 0.861. The van der Waals surface area contributed by atoms with Crippen molar-refractivity contribution in [3.05, 3.63) is 60.2 Å². The number of carbonyl (C=O) groups is 1. The molecule has 2 fully saturated rings. The molecule has 4 rings (SSSR count). The molecule has 2 aliphatic heterocycles. The molecule has 0 radical (unpaired) electrons. The number of amides is 1. The summed E-state index contributed by atoms with van der Waals surface area (Å²) in [5.74, 6) is 0.325. The van der Waals surface area contributed by atoms with Crippen molar-refractivity contribution in [3.63, 3.8) is 0 Å². The highest BCUT2D eigenvalue weighted by molar-refractivity contribution is 5.84. The van der Waals surface area contributed by atoms with Gasteiger partial charge in [0.05, 0.1) is 11.1 Å². The average Bonchev–Trinajstić information content (AvgIpc) is 3.04. The van der Waals surface area contributed by atoms with E-state index in [-0.39, 0.29) is 5.41 Å². The Morgan fingerprint density at radius 1 is 1.04 bits per heavy atom. The molecule has 5 nitrogen and oxygen atoms in total. The van der Waals surface area contributed by atoms with Crippen molar-refractivity contribution in [1.82, 2.24) is 19.8 Å². The summed E-state index contributed by atoms with van der Waals surface area (Å²) in [7, 11) is 0. The van der Waals surface area contributed by atoms with E-state index in [1.807, 2.05) is 41.6 Å². The first-order valence-electron chi connectivity index (χ1n) is 9.06. The minimum atomic E-state index is -0.199. The van der Waals surface area contributed by atoms with E-state index in [4.69, 9.17) is 0 Å². The molecule has 0 N–H and O–H groups in total. The van der Waals surface area contributed by atoms with Gasteiger partial charge in [-0.3, -0.25) is 19.7 Å². The van der Waals surface area contributed by atoms with Crippen molar-refractivity contribution < 1.29 is 4.79 Å². The zero-order valence-corrected chi connectivity index (χ0v) is 14.5. The number of likely N-dealkylation sites (tertiary alicyclic amines) is 2. The van der Waals surface area contributed by atoms with Crippen LogP contribution in [0.4, 0.5) is 0 Å².